The lowest BCUT2D eigenvalue weighted by molar-refractivity contribution is -0.126. The summed E-state index contributed by atoms with van der Waals surface area (Å²) in [5.41, 5.74) is 1.00. The number of carbonyl (C=O) groups excluding carboxylic acids is 2. The van der Waals surface area contributed by atoms with Gasteiger partial charge in [-0.1, -0.05) is 0 Å². The Morgan fingerprint density at radius 2 is 2.12 bits per heavy atom. The Kier molecular flexibility index (Phi) is 4.45. The van der Waals surface area contributed by atoms with Crippen LogP contribution < -0.4 is 10.6 Å². The second-order valence-corrected chi connectivity index (χ2v) is 3.65. The van der Waals surface area contributed by atoms with Gasteiger partial charge in [-0.3, -0.25) is 14.6 Å². The fourth-order valence-electron chi connectivity index (χ4n) is 1.13. The predicted octanol–water partition coefficient (Wildman–Crippen LogP) is -0.0587. The summed E-state index contributed by atoms with van der Waals surface area (Å²) >= 11 is 0. The normalized spacial score (nSPS) is 9.59. The maximum Gasteiger partial charge on any atom is 0.269 e. The molecule has 6 heteroatoms. The SMILES string of the molecule is CNC(=O)c1cc(NCC(=O)N(C)C)ccn1. The van der Waals surface area contributed by atoms with Crippen LogP contribution in [0.5, 0.6) is 0 Å². The van der Waals surface area contributed by atoms with Gasteiger partial charge in [0.1, 0.15) is 5.69 Å². The minimum absolute atomic E-state index is 0.0386. The van der Waals surface area contributed by atoms with E-state index < -0.39 is 0 Å². The zero-order valence-corrected chi connectivity index (χ0v) is 10.2. The Balaban J connectivity index is 2.66. The number of amides is 2. The average molecular weight is 236 g/mol. The summed E-state index contributed by atoms with van der Waals surface area (Å²) in [6, 6.07) is 3.30. The summed E-state index contributed by atoms with van der Waals surface area (Å²) in [6.07, 6.45) is 1.52. The van der Waals surface area contributed by atoms with E-state index in [-0.39, 0.29) is 18.4 Å². The van der Waals surface area contributed by atoms with Gasteiger partial charge in [-0.05, 0) is 12.1 Å². The lowest BCUT2D eigenvalue weighted by Crippen LogP contribution is -2.28. The number of rotatable bonds is 4. The van der Waals surface area contributed by atoms with Crippen LogP contribution in [0.1, 0.15) is 10.5 Å². The van der Waals surface area contributed by atoms with Gasteiger partial charge in [-0.2, -0.15) is 0 Å². The lowest BCUT2D eigenvalue weighted by Gasteiger charge is -2.11. The summed E-state index contributed by atoms with van der Waals surface area (Å²) in [7, 11) is 4.92. The molecule has 0 radical (unpaired) electrons. The lowest BCUT2D eigenvalue weighted by atomic mass is 10.3. The predicted molar refractivity (Wildman–Crippen MR) is 64.8 cm³/mol. The Labute approximate surface area is 100 Å². The molecule has 0 aliphatic heterocycles. The van der Waals surface area contributed by atoms with Crippen LogP contribution in [0.3, 0.4) is 0 Å². The monoisotopic (exact) mass is 236 g/mol. The fourth-order valence-corrected chi connectivity index (χ4v) is 1.13. The van der Waals surface area contributed by atoms with Gasteiger partial charge in [-0.25, -0.2) is 0 Å². The molecule has 0 spiro atoms. The molecule has 17 heavy (non-hydrogen) atoms. The van der Waals surface area contributed by atoms with Gasteiger partial charge >= 0.3 is 0 Å². The molecule has 0 atom stereocenters. The molecule has 2 amide bonds. The van der Waals surface area contributed by atoms with Gasteiger partial charge in [0.05, 0.1) is 6.54 Å². The highest BCUT2D eigenvalue weighted by molar-refractivity contribution is 5.93. The first-order chi connectivity index (χ1) is 8.04. The second kappa shape index (κ2) is 5.83. The molecule has 2 N–H and O–H groups in total. The second-order valence-electron chi connectivity index (χ2n) is 3.65. The van der Waals surface area contributed by atoms with Crippen molar-refractivity contribution in [2.75, 3.05) is 33.0 Å². The first kappa shape index (κ1) is 13.0. The minimum Gasteiger partial charge on any atom is -0.376 e. The van der Waals surface area contributed by atoms with Crippen molar-refractivity contribution in [1.29, 1.82) is 0 Å². The van der Waals surface area contributed by atoms with E-state index in [0.717, 1.165) is 0 Å². The van der Waals surface area contributed by atoms with Crippen LogP contribution in [0.25, 0.3) is 0 Å². The Morgan fingerprint density at radius 3 is 2.71 bits per heavy atom. The number of hydrogen-bond donors (Lipinski definition) is 2. The van der Waals surface area contributed by atoms with Gasteiger partial charge in [-0.15, -0.1) is 0 Å². The van der Waals surface area contributed by atoms with Gasteiger partial charge < -0.3 is 15.5 Å². The van der Waals surface area contributed by atoms with Crippen LogP contribution in [0.2, 0.25) is 0 Å². The van der Waals surface area contributed by atoms with Gasteiger partial charge in [0.15, 0.2) is 0 Å². The Bertz CT molecular complexity index is 418. The molecular formula is C11H16N4O2. The van der Waals surface area contributed by atoms with Crippen LogP contribution in [-0.2, 0) is 4.79 Å². The summed E-state index contributed by atoms with van der Waals surface area (Å²) in [6.45, 7) is 0.185. The van der Waals surface area contributed by atoms with Crippen molar-refractivity contribution in [2.24, 2.45) is 0 Å². The van der Waals surface area contributed by atoms with Crippen LogP contribution in [0, 0.1) is 0 Å². The van der Waals surface area contributed by atoms with E-state index in [0.29, 0.717) is 11.4 Å². The van der Waals surface area contributed by atoms with E-state index in [1.54, 1.807) is 33.3 Å². The third kappa shape index (κ3) is 3.75. The number of likely N-dealkylation sites (N-methyl/N-ethyl adjacent to an activating group) is 1. The summed E-state index contributed by atoms with van der Waals surface area (Å²) in [4.78, 5) is 28.1. The van der Waals surface area contributed by atoms with Crippen LogP contribution in [0.15, 0.2) is 18.3 Å². The van der Waals surface area contributed by atoms with Gasteiger partial charge in [0, 0.05) is 33.0 Å². The Morgan fingerprint density at radius 1 is 1.41 bits per heavy atom. The molecule has 1 aromatic heterocycles. The zero-order chi connectivity index (χ0) is 12.8. The van der Waals surface area contributed by atoms with Crippen molar-refractivity contribution in [3.63, 3.8) is 0 Å². The van der Waals surface area contributed by atoms with Crippen LogP contribution in [0.4, 0.5) is 5.69 Å². The molecule has 0 saturated carbocycles. The zero-order valence-electron chi connectivity index (χ0n) is 10.2. The standard InChI is InChI=1S/C11H16N4O2/c1-12-11(17)9-6-8(4-5-13-9)14-7-10(16)15(2)3/h4-6H,7H2,1-3H3,(H,12,17)(H,13,14). The molecule has 0 saturated heterocycles. The first-order valence-corrected chi connectivity index (χ1v) is 5.16. The Hall–Kier alpha value is -2.11. The summed E-state index contributed by atoms with van der Waals surface area (Å²) in [5.74, 6) is -0.295. The molecule has 92 valence electrons. The van der Waals surface area contributed by atoms with Crippen molar-refractivity contribution in [3.8, 4) is 0 Å². The number of pyridine rings is 1. The molecule has 0 aromatic carbocycles. The van der Waals surface area contributed by atoms with Gasteiger partial charge in [0.25, 0.3) is 5.91 Å². The van der Waals surface area contributed by atoms with E-state index in [2.05, 4.69) is 15.6 Å². The smallest absolute Gasteiger partial charge is 0.269 e. The van der Waals surface area contributed by atoms with Crippen molar-refractivity contribution in [2.45, 2.75) is 0 Å². The van der Waals surface area contributed by atoms with Crippen molar-refractivity contribution >= 4 is 17.5 Å². The van der Waals surface area contributed by atoms with Gasteiger partial charge in [0.2, 0.25) is 5.91 Å². The number of nitrogens with zero attached hydrogens (tertiary/aromatic N) is 2. The number of hydrogen-bond acceptors (Lipinski definition) is 4. The highest BCUT2D eigenvalue weighted by atomic mass is 16.2. The molecule has 1 heterocycles. The maximum atomic E-state index is 11.4. The molecule has 6 nitrogen and oxygen atoms in total. The van der Waals surface area contributed by atoms with E-state index >= 15 is 0 Å². The third-order valence-electron chi connectivity index (χ3n) is 2.16. The number of aromatic nitrogens is 1. The van der Waals surface area contributed by atoms with E-state index in [9.17, 15) is 9.59 Å². The van der Waals surface area contributed by atoms with Crippen molar-refractivity contribution < 1.29 is 9.59 Å². The quantitative estimate of drug-likeness (QED) is 0.768. The maximum absolute atomic E-state index is 11.4. The fraction of sp³-hybridized carbons (Fsp3) is 0.364. The van der Waals surface area contributed by atoms with Crippen molar-refractivity contribution in [3.05, 3.63) is 24.0 Å². The molecule has 0 aliphatic carbocycles. The van der Waals surface area contributed by atoms with E-state index in [1.165, 1.54) is 11.1 Å². The molecule has 1 rings (SSSR count). The molecular weight excluding hydrogens is 220 g/mol. The van der Waals surface area contributed by atoms with E-state index in [4.69, 9.17) is 0 Å². The topological polar surface area (TPSA) is 74.3 Å². The third-order valence-corrected chi connectivity index (χ3v) is 2.16. The molecule has 0 aliphatic rings. The van der Waals surface area contributed by atoms with Crippen LogP contribution in [-0.4, -0.2) is 49.4 Å². The highest BCUT2D eigenvalue weighted by Gasteiger charge is 2.07. The number of nitrogens with one attached hydrogen (secondary N) is 2. The summed E-state index contributed by atoms with van der Waals surface area (Å²) in [5, 5.41) is 5.42. The number of carbonyl (C=O) groups is 2. The minimum atomic E-state index is -0.257. The van der Waals surface area contributed by atoms with Crippen LogP contribution >= 0.6 is 0 Å². The molecule has 1 aromatic rings. The number of anilines is 1. The largest absolute Gasteiger partial charge is 0.376 e. The molecule has 0 bridgehead atoms. The van der Waals surface area contributed by atoms with Crippen molar-refractivity contribution in [1.82, 2.24) is 15.2 Å². The average Bonchev–Trinajstić information content (AvgIpc) is 2.35. The first-order valence-electron chi connectivity index (χ1n) is 5.16. The van der Waals surface area contributed by atoms with E-state index in [1.807, 2.05) is 0 Å². The highest BCUT2D eigenvalue weighted by Crippen LogP contribution is 2.07. The summed E-state index contributed by atoms with van der Waals surface area (Å²) < 4.78 is 0. The molecule has 0 fully saturated rings. The molecule has 0 unspecified atom stereocenters.